The molecule has 0 spiro atoms. The van der Waals surface area contributed by atoms with Gasteiger partial charge in [0.1, 0.15) is 6.61 Å². The molecule has 0 aliphatic carbocycles. The summed E-state index contributed by atoms with van der Waals surface area (Å²) in [6, 6.07) is 8.13. The third kappa shape index (κ3) is 2.29. The van der Waals surface area contributed by atoms with Gasteiger partial charge in [-0.3, -0.25) is 0 Å². The maximum atomic E-state index is 5.41. The Kier molecular flexibility index (Phi) is 2.77. The first-order chi connectivity index (χ1) is 6.74. The summed E-state index contributed by atoms with van der Waals surface area (Å²) in [5.41, 5.74) is 2.22. The molecule has 1 aliphatic rings. The zero-order valence-electron chi connectivity index (χ0n) is 8.36. The third-order valence-electron chi connectivity index (χ3n) is 2.00. The minimum Gasteiger partial charge on any atom is -0.472 e. The van der Waals surface area contributed by atoms with E-state index in [1.165, 1.54) is 5.56 Å². The summed E-state index contributed by atoms with van der Waals surface area (Å²) in [6.07, 6.45) is 0. The van der Waals surface area contributed by atoms with Crippen molar-refractivity contribution in [2.45, 2.75) is 19.1 Å². The maximum absolute atomic E-state index is 5.41. The van der Waals surface area contributed by atoms with Gasteiger partial charge >= 0.3 is 0 Å². The second kappa shape index (κ2) is 4.05. The van der Waals surface area contributed by atoms with Crippen LogP contribution in [-0.4, -0.2) is 17.1 Å². The van der Waals surface area contributed by atoms with Gasteiger partial charge in [0.2, 0.25) is 0 Å². The van der Waals surface area contributed by atoms with Gasteiger partial charge in [0.25, 0.3) is 5.23 Å². The van der Waals surface area contributed by atoms with Crippen LogP contribution in [-0.2, 0) is 4.74 Å². The summed E-state index contributed by atoms with van der Waals surface area (Å²) < 4.78 is 5.41. The monoisotopic (exact) mass is 207 g/mol. The predicted molar refractivity (Wildman–Crippen MR) is 61.3 cm³/mol. The van der Waals surface area contributed by atoms with E-state index >= 15 is 0 Å². The van der Waals surface area contributed by atoms with Crippen LogP contribution in [0.2, 0.25) is 0 Å². The summed E-state index contributed by atoms with van der Waals surface area (Å²) in [5, 5.41) is 1.32. The molecule has 2 nitrogen and oxygen atoms in total. The van der Waals surface area contributed by atoms with E-state index in [0.717, 1.165) is 17.5 Å². The summed E-state index contributed by atoms with van der Waals surface area (Å²) in [6.45, 7) is 4.98. The lowest BCUT2D eigenvalue weighted by atomic mass is 10.2. The van der Waals surface area contributed by atoms with Gasteiger partial charge in [0.15, 0.2) is 0 Å². The Bertz CT molecular complexity index is 345. The van der Waals surface area contributed by atoms with Gasteiger partial charge in [-0.15, -0.1) is 0 Å². The number of hydrogen-bond acceptors (Lipinski definition) is 3. The van der Waals surface area contributed by atoms with E-state index in [4.69, 9.17) is 4.74 Å². The first-order valence-corrected chi connectivity index (χ1v) is 5.57. The van der Waals surface area contributed by atoms with Gasteiger partial charge in [0.05, 0.1) is 5.69 Å². The van der Waals surface area contributed by atoms with Crippen LogP contribution in [0.4, 0.5) is 5.69 Å². The van der Waals surface area contributed by atoms with Crippen molar-refractivity contribution in [1.82, 2.24) is 0 Å². The fourth-order valence-corrected chi connectivity index (χ4v) is 1.99. The standard InChI is InChI=1S/C11H13NOS/c1-8-3-5-10(6-4-8)12-11-13-7-9(2)14-11/h3-6,9H,7H2,1-2H3/t9-/m1/s1. The number of thioether (sulfide) groups is 1. The molecule has 0 radical (unpaired) electrons. The highest BCUT2D eigenvalue weighted by atomic mass is 32.2. The number of aliphatic imine (C=N–C) groups is 1. The molecule has 1 heterocycles. The normalized spacial score (nSPS) is 23.9. The number of hydrogen-bond donors (Lipinski definition) is 0. The average molecular weight is 207 g/mol. The van der Waals surface area contributed by atoms with Gasteiger partial charge in [-0.2, -0.15) is 0 Å². The summed E-state index contributed by atoms with van der Waals surface area (Å²) >= 11 is 1.69. The van der Waals surface area contributed by atoms with Crippen molar-refractivity contribution in [1.29, 1.82) is 0 Å². The molecule has 14 heavy (non-hydrogen) atoms. The number of aryl methyl sites for hydroxylation is 1. The average Bonchev–Trinajstić information content (AvgIpc) is 2.56. The molecule has 0 unspecified atom stereocenters. The fourth-order valence-electron chi connectivity index (χ4n) is 1.21. The smallest absolute Gasteiger partial charge is 0.251 e. The fraction of sp³-hybridized carbons (Fsp3) is 0.364. The van der Waals surface area contributed by atoms with Crippen molar-refractivity contribution >= 4 is 22.7 Å². The number of rotatable bonds is 1. The lowest BCUT2D eigenvalue weighted by Gasteiger charge is -1.97. The lowest BCUT2D eigenvalue weighted by molar-refractivity contribution is 0.333. The van der Waals surface area contributed by atoms with Crippen molar-refractivity contribution < 1.29 is 4.74 Å². The third-order valence-corrected chi connectivity index (χ3v) is 2.95. The molecule has 0 aromatic heterocycles. The highest BCUT2D eigenvalue weighted by Gasteiger charge is 2.18. The van der Waals surface area contributed by atoms with Crippen LogP contribution in [0, 0.1) is 6.92 Å². The van der Waals surface area contributed by atoms with Gasteiger partial charge in [-0.25, -0.2) is 4.99 Å². The van der Waals surface area contributed by atoms with E-state index < -0.39 is 0 Å². The van der Waals surface area contributed by atoms with Crippen LogP contribution >= 0.6 is 11.8 Å². The maximum Gasteiger partial charge on any atom is 0.251 e. The Morgan fingerprint density at radius 1 is 1.36 bits per heavy atom. The van der Waals surface area contributed by atoms with Gasteiger partial charge in [-0.05, 0) is 26.0 Å². The molecule has 2 rings (SSSR count). The van der Waals surface area contributed by atoms with Crippen LogP contribution in [0.1, 0.15) is 12.5 Å². The second-order valence-corrected chi connectivity index (χ2v) is 4.84. The summed E-state index contributed by atoms with van der Waals surface area (Å²) in [7, 11) is 0. The summed E-state index contributed by atoms with van der Waals surface area (Å²) in [4.78, 5) is 4.41. The number of benzene rings is 1. The van der Waals surface area contributed by atoms with Gasteiger partial charge in [-0.1, -0.05) is 29.5 Å². The molecular weight excluding hydrogens is 194 g/mol. The van der Waals surface area contributed by atoms with Crippen molar-refractivity contribution in [2.75, 3.05) is 6.61 Å². The SMILES string of the molecule is Cc1ccc(N=C2OC[C@@H](C)S2)cc1. The van der Waals surface area contributed by atoms with Crippen molar-refractivity contribution in [3.05, 3.63) is 29.8 Å². The van der Waals surface area contributed by atoms with Crippen molar-refractivity contribution in [2.24, 2.45) is 4.99 Å². The van der Waals surface area contributed by atoms with E-state index in [2.05, 4.69) is 31.0 Å². The molecule has 1 aromatic carbocycles. The Hall–Kier alpha value is -0.960. The summed E-state index contributed by atoms with van der Waals surface area (Å²) in [5.74, 6) is 0. The van der Waals surface area contributed by atoms with Crippen LogP contribution < -0.4 is 0 Å². The largest absolute Gasteiger partial charge is 0.472 e. The molecule has 0 amide bonds. The minimum atomic E-state index is 0.527. The van der Waals surface area contributed by atoms with E-state index in [1.54, 1.807) is 11.8 Å². The van der Waals surface area contributed by atoms with Gasteiger partial charge in [0, 0.05) is 5.25 Å². The number of nitrogens with zero attached hydrogens (tertiary/aromatic N) is 1. The number of ether oxygens (including phenoxy) is 1. The quantitative estimate of drug-likeness (QED) is 0.705. The Morgan fingerprint density at radius 3 is 2.64 bits per heavy atom. The second-order valence-electron chi connectivity index (χ2n) is 3.45. The molecule has 1 aliphatic heterocycles. The van der Waals surface area contributed by atoms with E-state index in [1.807, 2.05) is 12.1 Å². The Balaban J connectivity index is 2.13. The molecule has 0 saturated carbocycles. The van der Waals surface area contributed by atoms with Crippen LogP contribution in [0.5, 0.6) is 0 Å². The van der Waals surface area contributed by atoms with E-state index in [9.17, 15) is 0 Å². The molecule has 1 fully saturated rings. The van der Waals surface area contributed by atoms with Crippen molar-refractivity contribution in [3.8, 4) is 0 Å². The van der Waals surface area contributed by atoms with Crippen LogP contribution in [0.25, 0.3) is 0 Å². The highest BCUT2D eigenvalue weighted by molar-refractivity contribution is 8.14. The Labute approximate surface area is 88.4 Å². The molecule has 3 heteroatoms. The molecule has 74 valence electrons. The first-order valence-electron chi connectivity index (χ1n) is 4.69. The van der Waals surface area contributed by atoms with Crippen molar-refractivity contribution in [3.63, 3.8) is 0 Å². The lowest BCUT2D eigenvalue weighted by Crippen LogP contribution is -1.93. The highest BCUT2D eigenvalue weighted by Crippen LogP contribution is 2.25. The minimum absolute atomic E-state index is 0.527. The van der Waals surface area contributed by atoms with E-state index in [0.29, 0.717) is 5.25 Å². The van der Waals surface area contributed by atoms with Crippen LogP contribution in [0.15, 0.2) is 29.3 Å². The molecule has 1 aromatic rings. The van der Waals surface area contributed by atoms with Crippen LogP contribution in [0.3, 0.4) is 0 Å². The molecule has 1 saturated heterocycles. The zero-order chi connectivity index (χ0) is 9.97. The molecular formula is C11H13NOS. The zero-order valence-corrected chi connectivity index (χ0v) is 9.17. The Morgan fingerprint density at radius 2 is 2.07 bits per heavy atom. The molecule has 0 N–H and O–H groups in total. The predicted octanol–water partition coefficient (Wildman–Crippen LogP) is 3.13. The molecule has 0 bridgehead atoms. The first kappa shape index (κ1) is 9.59. The van der Waals surface area contributed by atoms with E-state index in [-0.39, 0.29) is 0 Å². The molecule has 1 atom stereocenters. The van der Waals surface area contributed by atoms with Gasteiger partial charge < -0.3 is 4.74 Å². The topological polar surface area (TPSA) is 21.6 Å².